The number of H-pyrrole nitrogens is 1. The first-order chi connectivity index (χ1) is 15.7. The number of rotatable bonds is 3. The Hall–Kier alpha value is -4.58. The molecule has 3 heterocycles. The zero-order valence-corrected chi connectivity index (χ0v) is 16.8. The fourth-order valence-electron chi connectivity index (χ4n) is 4.11. The lowest BCUT2D eigenvalue weighted by atomic mass is 10.0. The number of benzene rings is 3. The van der Waals surface area contributed by atoms with E-state index in [0.29, 0.717) is 0 Å². The van der Waals surface area contributed by atoms with Gasteiger partial charge < -0.3 is 10.1 Å². The lowest BCUT2D eigenvalue weighted by Gasteiger charge is -2.04. The first kappa shape index (κ1) is 18.2. The van der Waals surface area contributed by atoms with E-state index in [9.17, 15) is 4.79 Å². The van der Waals surface area contributed by atoms with E-state index in [1.165, 1.54) is 0 Å². The average molecular weight is 416 g/mol. The predicted molar refractivity (Wildman–Crippen MR) is 125 cm³/mol. The van der Waals surface area contributed by atoms with Gasteiger partial charge in [-0.15, -0.1) is 0 Å². The number of carboxylic acid groups (broad SMARTS) is 1. The standard InChI is InChI=1S/C26H16N4O2/c31-26(32)18-11-7-16(8-12-18)15-5-9-17(10-6-15)25-29-23-19-3-1-13-27-21(19)22-20(24(23)30-25)4-2-14-28-22/h1-14H,(H,29,30)(H,31,32). The van der Waals surface area contributed by atoms with Crippen molar-refractivity contribution in [2.75, 3.05) is 0 Å². The summed E-state index contributed by atoms with van der Waals surface area (Å²) in [6.45, 7) is 0. The van der Waals surface area contributed by atoms with Crippen LogP contribution in [0.25, 0.3) is 55.4 Å². The quantitative estimate of drug-likeness (QED) is 0.362. The van der Waals surface area contributed by atoms with Crippen molar-refractivity contribution in [1.29, 1.82) is 0 Å². The van der Waals surface area contributed by atoms with Crippen LogP contribution in [0.15, 0.2) is 85.2 Å². The Labute approximate surface area is 182 Å². The van der Waals surface area contributed by atoms with Gasteiger partial charge in [-0.05, 0) is 47.5 Å². The maximum atomic E-state index is 11.1. The minimum atomic E-state index is -0.928. The van der Waals surface area contributed by atoms with Crippen molar-refractivity contribution in [3.63, 3.8) is 0 Å². The van der Waals surface area contributed by atoms with Crippen LogP contribution >= 0.6 is 0 Å². The number of aromatic amines is 1. The van der Waals surface area contributed by atoms with Crippen LogP contribution in [0.2, 0.25) is 0 Å². The predicted octanol–water partition coefficient (Wildman–Crippen LogP) is 5.69. The minimum Gasteiger partial charge on any atom is -0.478 e. The third-order valence-electron chi connectivity index (χ3n) is 5.69. The second kappa shape index (κ2) is 6.99. The highest BCUT2D eigenvalue weighted by Crippen LogP contribution is 2.33. The molecular weight excluding hydrogens is 400 g/mol. The van der Waals surface area contributed by atoms with Crippen LogP contribution < -0.4 is 0 Å². The van der Waals surface area contributed by atoms with E-state index in [0.717, 1.165) is 55.4 Å². The molecule has 3 aromatic heterocycles. The molecule has 0 spiro atoms. The molecule has 2 N–H and O–H groups in total. The van der Waals surface area contributed by atoms with Crippen molar-refractivity contribution in [1.82, 2.24) is 19.9 Å². The van der Waals surface area contributed by atoms with Gasteiger partial charge in [0, 0.05) is 28.7 Å². The Kier molecular flexibility index (Phi) is 3.98. The normalized spacial score (nSPS) is 11.4. The van der Waals surface area contributed by atoms with E-state index < -0.39 is 5.97 Å². The van der Waals surface area contributed by atoms with E-state index in [1.54, 1.807) is 24.5 Å². The monoisotopic (exact) mass is 416 g/mol. The summed E-state index contributed by atoms with van der Waals surface area (Å²) in [6.07, 6.45) is 3.55. The van der Waals surface area contributed by atoms with Crippen molar-refractivity contribution in [2.24, 2.45) is 0 Å². The first-order valence-electron chi connectivity index (χ1n) is 10.1. The average Bonchev–Trinajstić information content (AvgIpc) is 3.30. The molecule has 6 nitrogen and oxygen atoms in total. The summed E-state index contributed by atoms with van der Waals surface area (Å²) in [7, 11) is 0. The molecule has 32 heavy (non-hydrogen) atoms. The van der Waals surface area contributed by atoms with Gasteiger partial charge in [-0.2, -0.15) is 0 Å². The molecule has 0 saturated heterocycles. The van der Waals surface area contributed by atoms with Crippen LogP contribution in [-0.2, 0) is 0 Å². The highest BCUT2D eigenvalue weighted by molar-refractivity contribution is 6.21. The van der Waals surface area contributed by atoms with Gasteiger partial charge in [0.25, 0.3) is 0 Å². The Morgan fingerprint density at radius 3 is 1.91 bits per heavy atom. The topological polar surface area (TPSA) is 91.8 Å². The van der Waals surface area contributed by atoms with E-state index in [-0.39, 0.29) is 5.56 Å². The number of imidazole rings is 1. The highest BCUT2D eigenvalue weighted by Gasteiger charge is 2.15. The van der Waals surface area contributed by atoms with Crippen LogP contribution in [0.3, 0.4) is 0 Å². The van der Waals surface area contributed by atoms with Crippen molar-refractivity contribution in [2.45, 2.75) is 0 Å². The summed E-state index contributed by atoms with van der Waals surface area (Å²) >= 11 is 0. The fraction of sp³-hybridized carbons (Fsp3) is 0. The summed E-state index contributed by atoms with van der Waals surface area (Å²) in [5.41, 5.74) is 6.71. The molecule has 6 aromatic rings. The first-order valence-corrected chi connectivity index (χ1v) is 10.1. The third kappa shape index (κ3) is 2.81. The number of nitrogens with one attached hydrogen (secondary N) is 1. The minimum absolute atomic E-state index is 0.274. The smallest absolute Gasteiger partial charge is 0.335 e. The van der Waals surface area contributed by atoms with Gasteiger partial charge in [-0.25, -0.2) is 9.78 Å². The van der Waals surface area contributed by atoms with Crippen molar-refractivity contribution >= 4 is 38.8 Å². The number of aromatic carboxylic acids is 1. The van der Waals surface area contributed by atoms with Crippen LogP contribution in [-0.4, -0.2) is 31.0 Å². The number of hydrogen-bond acceptors (Lipinski definition) is 4. The Morgan fingerprint density at radius 1 is 0.688 bits per heavy atom. The number of carboxylic acids is 1. The van der Waals surface area contributed by atoms with Crippen LogP contribution in [0.1, 0.15) is 10.4 Å². The Morgan fingerprint density at radius 2 is 1.25 bits per heavy atom. The Bertz CT molecular complexity index is 1560. The summed E-state index contributed by atoms with van der Waals surface area (Å²) in [5.74, 6) is -0.156. The number of carbonyl (C=O) groups is 1. The van der Waals surface area contributed by atoms with Crippen LogP contribution in [0.4, 0.5) is 0 Å². The molecule has 0 saturated carbocycles. The van der Waals surface area contributed by atoms with Gasteiger partial charge in [0.1, 0.15) is 5.82 Å². The van der Waals surface area contributed by atoms with E-state index in [2.05, 4.69) is 15.0 Å². The van der Waals surface area contributed by atoms with E-state index in [1.807, 2.05) is 60.7 Å². The molecule has 0 fully saturated rings. The molecule has 0 unspecified atom stereocenters. The largest absolute Gasteiger partial charge is 0.478 e. The fourth-order valence-corrected chi connectivity index (χ4v) is 4.11. The molecule has 6 heteroatoms. The van der Waals surface area contributed by atoms with Gasteiger partial charge in [-0.1, -0.05) is 36.4 Å². The number of pyridine rings is 2. The maximum Gasteiger partial charge on any atom is 0.335 e. The highest BCUT2D eigenvalue weighted by atomic mass is 16.4. The number of aromatic nitrogens is 4. The van der Waals surface area contributed by atoms with Crippen molar-refractivity contribution in [3.8, 4) is 22.5 Å². The molecule has 0 amide bonds. The molecule has 0 aliphatic heterocycles. The molecule has 3 aromatic carbocycles. The molecular formula is C26H16N4O2. The summed E-state index contributed by atoms with van der Waals surface area (Å²) in [6, 6.07) is 22.8. The van der Waals surface area contributed by atoms with Gasteiger partial charge in [0.15, 0.2) is 0 Å². The SMILES string of the molecule is O=C(O)c1ccc(-c2ccc(-c3nc4c5cccnc5c5ncccc5c4[nH]3)cc2)cc1. The van der Waals surface area contributed by atoms with Crippen LogP contribution in [0.5, 0.6) is 0 Å². The molecule has 0 radical (unpaired) electrons. The summed E-state index contributed by atoms with van der Waals surface area (Å²) in [4.78, 5) is 28.6. The summed E-state index contributed by atoms with van der Waals surface area (Å²) < 4.78 is 0. The lowest BCUT2D eigenvalue weighted by Crippen LogP contribution is -1.94. The molecule has 0 atom stereocenters. The van der Waals surface area contributed by atoms with Crippen molar-refractivity contribution in [3.05, 3.63) is 90.8 Å². The second-order valence-electron chi connectivity index (χ2n) is 7.57. The number of nitrogens with zero attached hydrogens (tertiary/aromatic N) is 3. The lowest BCUT2D eigenvalue weighted by molar-refractivity contribution is 0.0697. The number of fused-ring (bicyclic) bond motifs is 6. The van der Waals surface area contributed by atoms with Gasteiger partial charge in [0.05, 0.1) is 27.6 Å². The molecule has 0 bridgehead atoms. The molecule has 0 aliphatic carbocycles. The molecule has 152 valence electrons. The Balaban J connectivity index is 1.47. The van der Waals surface area contributed by atoms with Gasteiger partial charge in [-0.3, -0.25) is 9.97 Å². The zero-order valence-electron chi connectivity index (χ0n) is 16.8. The van der Waals surface area contributed by atoms with E-state index in [4.69, 9.17) is 10.1 Å². The maximum absolute atomic E-state index is 11.1. The van der Waals surface area contributed by atoms with Crippen LogP contribution in [0, 0.1) is 0 Å². The second-order valence-corrected chi connectivity index (χ2v) is 7.57. The van der Waals surface area contributed by atoms with Gasteiger partial charge in [0.2, 0.25) is 0 Å². The zero-order chi connectivity index (χ0) is 21.7. The van der Waals surface area contributed by atoms with Crippen molar-refractivity contribution < 1.29 is 9.90 Å². The van der Waals surface area contributed by atoms with Gasteiger partial charge >= 0.3 is 5.97 Å². The molecule has 6 rings (SSSR count). The third-order valence-corrected chi connectivity index (χ3v) is 5.69. The number of hydrogen-bond donors (Lipinski definition) is 2. The summed E-state index contributed by atoms with van der Waals surface area (Å²) in [5, 5.41) is 11.0. The van der Waals surface area contributed by atoms with E-state index >= 15 is 0 Å². The molecule has 0 aliphatic rings.